The molecule has 5 nitrogen and oxygen atoms in total. The first-order chi connectivity index (χ1) is 10.7. The van der Waals surface area contributed by atoms with Crippen molar-refractivity contribution in [2.75, 3.05) is 52.5 Å². The van der Waals surface area contributed by atoms with Gasteiger partial charge in [-0.1, -0.05) is 30.3 Å². The fraction of sp³-hybridized carbons (Fsp3) is 0.647. The SMILES string of the molecule is O[C@H]1CN(CCN2CCOCC2)CC[C@]1(O)c1ccccc1. The van der Waals surface area contributed by atoms with E-state index in [1.54, 1.807) is 0 Å². The van der Waals surface area contributed by atoms with E-state index >= 15 is 0 Å². The van der Waals surface area contributed by atoms with Crippen LogP contribution in [0.5, 0.6) is 0 Å². The van der Waals surface area contributed by atoms with Gasteiger partial charge < -0.3 is 14.9 Å². The van der Waals surface area contributed by atoms with Crippen LogP contribution in [0.2, 0.25) is 0 Å². The zero-order chi connectivity index (χ0) is 15.4. The summed E-state index contributed by atoms with van der Waals surface area (Å²) in [4.78, 5) is 4.64. The van der Waals surface area contributed by atoms with E-state index in [4.69, 9.17) is 4.74 Å². The number of benzene rings is 1. The molecule has 0 radical (unpaired) electrons. The average molecular weight is 306 g/mol. The standard InChI is InChI=1S/C17H26N2O3/c20-16-14-19(9-8-18-10-12-22-13-11-18)7-6-17(16,21)15-4-2-1-3-5-15/h1-5,16,20-21H,6-14H2/t16-,17-/m0/s1. The zero-order valence-electron chi connectivity index (χ0n) is 13.0. The number of rotatable bonds is 4. The van der Waals surface area contributed by atoms with Gasteiger partial charge in [-0.25, -0.2) is 0 Å². The Balaban J connectivity index is 1.53. The van der Waals surface area contributed by atoms with Crippen molar-refractivity contribution in [2.45, 2.75) is 18.1 Å². The van der Waals surface area contributed by atoms with Crippen molar-refractivity contribution < 1.29 is 14.9 Å². The summed E-state index contributed by atoms with van der Waals surface area (Å²) in [5.74, 6) is 0. The first kappa shape index (κ1) is 15.9. The molecule has 1 aromatic rings. The summed E-state index contributed by atoms with van der Waals surface area (Å²) in [6.07, 6.45) is -0.172. The van der Waals surface area contributed by atoms with E-state index in [1.165, 1.54) is 0 Å². The van der Waals surface area contributed by atoms with Crippen LogP contribution in [0, 0.1) is 0 Å². The zero-order valence-corrected chi connectivity index (χ0v) is 13.0. The Hall–Kier alpha value is -0.980. The van der Waals surface area contributed by atoms with Crippen LogP contribution in [-0.2, 0) is 10.3 Å². The molecular formula is C17H26N2O3. The third-order valence-electron chi connectivity index (χ3n) is 4.90. The van der Waals surface area contributed by atoms with Gasteiger partial charge in [-0.3, -0.25) is 9.80 Å². The molecule has 0 bridgehead atoms. The summed E-state index contributed by atoms with van der Waals surface area (Å²) >= 11 is 0. The summed E-state index contributed by atoms with van der Waals surface area (Å²) in [7, 11) is 0. The number of β-amino-alcohol motifs (C(OH)–C–C–N with tert-alkyl or cyclic N) is 1. The molecule has 1 aromatic carbocycles. The molecule has 0 amide bonds. The molecule has 2 aliphatic rings. The van der Waals surface area contributed by atoms with E-state index in [-0.39, 0.29) is 0 Å². The highest BCUT2D eigenvalue weighted by Crippen LogP contribution is 2.32. The molecule has 2 fully saturated rings. The number of piperidine rings is 1. The van der Waals surface area contributed by atoms with Gasteiger partial charge in [0.1, 0.15) is 5.60 Å². The Morgan fingerprint density at radius 3 is 2.41 bits per heavy atom. The normalized spacial score (nSPS) is 31.3. The van der Waals surface area contributed by atoms with Gasteiger partial charge in [-0.05, 0) is 12.0 Å². The van der Waals surface area contributed by atoms with Crippen molar-refractivity contribution in [3.8, 4) is 0 Å². The third-order valence-corrected chi connectivity index (χ3v) is 4.90. The maximum absolute atomic E-state index is 10.8. The topological polar surface area (TPSA) is 56.2 Å². The van der Waals surface area contributed by atoms with Crippen molar-refractivity contribution in [3.63, 3.8) is 0 Å². The maximum atomic E-state index is 10.8. The minimum Gasteiger partial charge on any atom is -0.388 e. The van der Waals surface area contributed by atoms with Crippen molar-refractivity contribution in [1.82, 2.24) is 9.80 Å². The van der Waals surface area contributed by atoms with Crippen LogP contribution in [0.1, 0.15) is 12.0 Å². The van der Waals surface area contributed by atoms with Crippen LogP contribution in [0.15, 0.2) is 30.3 Å². The van der Waals surface area contributed by atoms with Crippen LogP contribution >= 0.6 is 0 Å². The minimum atomic E-state index is -1.11. The number of hydrogen-bond donors (Lipinski definition) is 2. The van der Waals surface area contributed by atoms with Crippen molar-refractivity contribution in [2.24, 2.45) is 0 Å². The maximum Gasteiger partial charge on any atom is 0.118 e. The second kappa shape index (κ2) is 7.06. The first-order valence-electron chi connectivity index (χ1n) is 8.17. The Bertz CT molecular complexity index is 464. The van der Waals surface area contributed by atoms with Gasteiger partial charge in [-0.15, -0.1) is 0 Å². The number of likely N-dealkylation sites (tertiary alicyclic amines) is 1. The molecule has 0 aromatic heterocycles. The third kappa shape index (κ3) is 3.50. The largest absolute Gasteiger partial charge is 0.388 e. The molecule has 0 unspecified atom stereocenters. The summed E-state index contributed by atoms with van der Waals surface area (Å²) in [6.45, 7) is 6.88. The molecule has 0 saturated carbocycles. The number of aliphatic hydroxyl groups is 2. The van der Waals surface area contributed by atoms with Gasteiger partial charge in [0, 0.05) is 39.3 Å². The fourth-order valence-corrected chi connectivity index (χ4v) is 3.36. The number of nitrogens with zero attached hydrogens (tertiary/aromatic N) is 2. The second-order valence-corrected chi connectivity index (χ2v) is 6.31. The summed E-state index contributed by atoms with van der Waals surface area (Å²) in [6, 6.07) is 9.53. The monoisotopic (exact) mass is 306 g/mol. The quantitative estimate of drug-likeness (QED) is 0.836. The van der Waals surface area contributed by atoms with Gasteiger partial charge in [0.05, 0.1) is 19.3 Å². The highest BCUT2D eigenvalue weighted by atomic mass is 16.5. The molecule has 2 aliphatic heterocycles. The first-order valence-corrected chi connectivity index (χ1v) is 8.17. The molecule has 2 heterocycles. The Morgan fingerprint density at radius 2 is 1.73 bits per heavy atom. The molecule has 3 rings (SSSR count). The molecule has 2 saturated heterocycles. The second-order valence-electron chi connectivity index (χ2n) is 6.31. The van der Waals surface area contributed by atoms with Crippen molar-refractivity contribution in [3.05, 3.63) is 35.9 Å². The van der Waals surface area contributed by atoms with Crippen molar-refractivity contribution in [1.29, 1.82) is 0 Å². The van der Waals surface area contributed by atoms with E-state index in [2.05, 4.69) is 9.80 Å². The van der Waals surface area contributed by atoms with E-state index in [9.17, 15) is 10.2 Å². The molecule has 22 heavy (non-hydrogen) atoms. The van der Waals surface area contributed by atoms with Gasteiger partial charge in [-0.2, -0.15) is 0 Å². The van der Waals surface area contributed by atoms with Crippen LogP contribution in [0.3, 0.4) is 0 Å². The Kier molecular flexibility index (Phi) is 5.10. The van der Waals surface area contributed by atoms with Gasteiger partial charge >= 0.3 is 0 Å². The molecule has 5 heteroatoms. The molecule has 2 atom stereocenters. The van der Waals surface area contributed by atoms with Gasteiger partial charge in [0.2, 0.25) is 0 Å². The van der Waals surface area contributed by atoms with E-state index in [0.29, 0.717) is 13.0 Å². The number of aliphatic hydroxyl groups excluding tert-OH is 1. The van der Waals surface area contributed by atoms with Gasteiger partial charge in [0.15, 0.2) is 0 Å². The number of ether oxygens (including phenoxy) is 1. The predicted octanol–water partition coefficient (Wildman–Crippen LogP) is 0.273. The van der Waals surface area contributed by atoms with E-state index < -0.39 is 11.7 Å². The van der Waals surface area contributed by atoms with Crippen LogP contribution in [0.4, 0.5) is 0 Å². The van der Waals surface area contributed by atoms with Crippen LogP contribution in [-0.4, -0.2) is 78.6 Å². The molecule has 0 aliphatic carbocycles. The smallest absolute Gasteiger partial charge is 0.118 e. The van der Waals surface area contributed by atoms with Crippen LogP contribution in [0.25, 0.3) is 0 Å². The summed E-state index contributed by atoms with van der Waals surface area (Å²) < 4.78 is 5.36. The lowest BCUT2D eigenvalue weighted by molar-refractivity contribution is -0.125. The lowest BCUT2D eigenvalue weighted by atomic mass is 9.82. The van der Waals surface area contributed by atoms with E-state index in [0.717, 1.165) is 51.5 Å². The average Bonchev–Trinajstić information content (AvgIpc) is 2.58. The highest BCUT2D eigenvalue weighted by molar-refractivity contribution is 5.24. The molecule has 122 valence electrons. The molecule has 2 N–H and O–H groups in total. The summed E-state index contributed by atoms with van der Waals surface area (Å²) in [5, 5.41) is 21.3. The van der Waals surface area contributed by atoms with E-state index in [1.807, 2.05) is 30.3 Å². The highest BCUT2D eigenvalue weighted by Gasteiger charge is 2.41. The van der Waals surface area contributed by atoms with Crippen molar-refractivity contribution >= 4 is 0 Å². The minimum absolute atomic E-state index is 0.524. The number of hydrogen-bond acceptors (Lipinski definition) is 5. The number of morpholine rings is 1. The Morgan fingerprint density at radius 1 is 1.05 bits per heavy atom. The van der Waals surface area contributed by atoms with Crippen LogP contribution < -0.4 is 0 Å². The lowest BCUT2D eigenvalue weighted by Crippen LogP contribution is -2.54. The molecule has 0 spiro atoms. The Labute approximate surface area is 132 Å². The summed E-state index contributed by atoms with van der Waals surface area (Å²) in [5.41, 5.74) is -0.299. The molecular weight excluding hydrogens is 280 g/mol. The fourth-order valence-electron chi connectivity index (χ4n) is 3.36. The lowest BCUT2D eigenvalue weighted by Gasteiger charge is -2.43. The predicted molar refractivity (Wildman–Crippen MR) is 84.7 cm³/mol. The van der Waals surface area contributed by atoms with Gasteiger partial charge in [0.25, 0.3) is 0 Å².